The maximum atomic E-state index is 12.9. The Bertz CT molecular complexity index is 911. The van der Waals surface area contributed by atoms with Crippen LogP contribution >= 0.6 is 0 Å². The lowest BCUT2D eigenvalue weighted by atomic mass is 9.95. The molecule has 1 aliphatic rings. The third kappa shape index (κ3) is 5.08. The lowest BCUT2D eigenvalue weighted by Crippen LogP contribution is -2.44. The van der Waals surface area contributed by atoms with Gasteiger partial charge in [0.25, 0.3) is 0 Å². The summed E-state index contributed by atoms with van der Waals surface area (Å²) in [6.45, 7) is 0.850. The summed E-state index contributed by atoms with van der Waals surface area (Å²) in [7, 11) is 0. The van der Waals surface area contributed by atoms with Crippen molar-refractivity contribution in [3.05, 3.63) is 66.3 Å². The molecule has 0 spiro atoms. The van der Waals surface area contributed by atoms with Crippen LogP contribution in [0.5, 0.6) is 0 Å². The molecule has 4 rings (SSSR count). The molecular weight excluding hydrogens is 364 g/mol. The highest BCUT2D eigenvalue weighted by atomic mass is 16.5. The minimum absolute atomic E-state index is 0.184. The van der Waals surface area contributed by atoms with Crippen LogP contribution in [0.25, 0.3) is 11.4 Å². The quantitative estimate of drug-likeness (QED) is 0.608. The van der Waals surface area contributed by atoms with E-state index >= 15 is 0 Å². The number of hydrogen-bond acceptors (Lipinski definition) is 5. The smallest absolute Gasteiger partial charge is 0.227 e. The molecule has 1 aromatic carbocycles. The van der Waals surface area contributed by atoms with Gasteiger partial charge >= 0.3 is 0 Å². The summed E-state index contributed by atoms with van der Waals surface area (Å²) in [5, 5.41) is 4.00. The van der Waals surface area contributed by atoms with Crippen LogP contribution < -0.4 is 0 Å². The Balaban J connectivity index is 1.32. The van der Waals surface area contributed by atoms with Gasteiger partial charge in [-0.1, -0.05) is 35.5 Å². The standard InChI is InChI=1S/C23H26N4O2/c28-22(14-13-21-25-23(26-29-21)19-9-6-15-24-17-19)27-16-5-4-10-20(27)12-11-18-7-2-1-3-8-18/h1-3,6-9,15,17,20H,4-5,10-14,16H2. The second kappa shape index (κ2) is 9.45. The Morgan fingerprint density at radius 1 is 1.10 bits per heavy atom. The van der Waals surface area contributed by atoms with Gasteiger partial charge in [0.1, 0.15) is 0 Å². The number of aromatic nitrogens is 3. The molecule has 1 atom stereocenters. The molecule has 1 saturated heterocycles. The molecule has 1 amide bonds. The van der Waals surface area contributed by atoms with E-state index in [-0.39, 0.29) is 5.91 Å². The molecule has 3 heterocycles. The van der Waals surface area contributed by atoms with Crippen LogP contribution in [0.1, 0.15) is 43.6 Å². The van der Waals surface area contributed by atoms with Gasteiger partial charge in [-0.25, -0.2) is 0 Å². The highest BCUT2D eigenvalue weighted by molar-refractivity contribution is 5.76. The van der Waals surface area contributed by atoms with Gasteiger partial charge in [-0.15, -0.1) is 0 Å². The molecule has 150 valence electrons. The number of pyridine rings is 1. The van der Waals surface area contributed by atoms with Crippen molar-refractivity contribution in [2.75, 3.05) is 6.54 Å². The highest BCUT2D eigenvalue weighted by Crippen LogP contribution is 2.23. The highest BCUT2D eigenvalue weighted by Gasteiger charge is 2.26. The summed E-state index contributed by atoms with van der Waals surface area (Å²) in [4.78, 5) is 23.4. The second-order valence-corrected chi connectivity index (χ2v) is 7.51. The van der Waals surface area contributed by atoms with Crippen molar-refractivity contribution in [1.82, 2.24) is 20.0 Å². The van der Waals surface area contributed by atoms with Gasteiger partial charge in [0.2, 0.25) is 17.6 Å². The Morgan fingerprint density at radius 2 is 2.00 bits per heavy atom. The Hall–Kier alpha value is -3.02. The molecule has 0 radical (unpaired) electrons. The number of likely N-dealkylation sites (tertiary alicyclic amines) is 1. The summed E-state index contributed by atoms with van der Waals surface area (Å²) < 4.78 is 5.33. The summed E-state index contributed by atoms with van der Waals surface area (Å²) in [6, 6.07) is 14.5. The molecule has 0 saturated carbocycles. The van der Waals surface area contributed by atoms with Crippen LogP contribution in [-0.2, 0) is 17.6 Å². The van der Waals surface area contributed by atoms with Crippen LogP contribution in [-0.4, -0.2) is 38.5 Å². The monoisotopic (exact) mass is 390 g/mol. The number of nitrogens with zero attached hydrogens (tertiary/aromatic N) is 4. The topological polar surface area (TPSA) is 72.1 Å². The fourth-order valence-corrected chi connectivity index (χ4v) is 3.93. The van der Waals surface area contributed by atoms with Gasteiger partial charge in [0, 0.05) is 43.4 Å². The summed E-state index contributed by atoms with van der Waals surface area (Å²) in [5.74, 6) is 1.19. The van der Waals surface area contributed by atoms with Gasteiger partial charge in [-0.05, 0) is 49.8 Å². The molecule has 6 heteroatoms. The number of benzene rings is 1. The van der Waals surface area contributed by atoms with E-state index in [1.807, 2.05) is 18.2 Å². The van der Waals surface area contributed by atoms with Crippen molar-refractivity contribution in [2.24, 2.45) is 0 Å². The zero-order valence-electron chi connectivity index (χ0n) is 16.5. The van der Waals surface area contributed by atoms with E-state index < -0.39 is 0 Å². The van der Waals surface area contributed by atoms with E-state index in [4.69, 9.17) is 4.52 Å². The van der Waals surface area contributed by atoms with E-state index in [1.165, 1.54) is 12.0 Å². The lowest BCUT2D eigenvalue weighted by molar-refractivity contribution is -0.135. The molecule has 1 unspecified atom stereocenters. The average molecular weight is 390 g/mol. The number of aryl methyl sites for hydroxylation is 2. The first-order valence-electron chi connectivity index (χ1n) is 10.4. The minimum Gasteiger partial charge on any atom is -0.340 e. The van der Waals surface area contributed by atoms with Crippen molar-refractivity contribution in [2.45, 2.75) is 51.0 Å². The van der Waals surface area contributed by atoms with Crippen LogP contribution in [0.2, 0.25) is 0 Å². The Labute approximate surface area is 171 Å². The van der Waals surface area contributed by atoms with Crippen LogP contribution in [0.15, 0.2) is 59.4 Å². The van der Waals surface area contributed by atoms with Crippen molar-refractivity contribution in [3.8, 4) is 11.4 Å². The molecule has 29 heavy (non-hydrogen) atoms. The number of hydrogen-bond donors (Lipinski definition) is 0. The number of piperidine rings is 1. The molecule has 1 fully saturated rings. The predicted octanol–water partition coefficient (Wildman–Crippen LogP) is 4.08. The maximum absolute atomic E-state index is 12.9. The zero-order chi connectivity index (χ0) is 19.9. The second-order valence-electron chi connectivity index (χ2n) is 7.51. The van der Waals surface area contributed by atoms with Crippen LogP contribution in [0.3, 0.4) is 0 Å². The third-order valence-electron chi connectivity index (χ3n) is 5.50. The first kappa shape index (κ1) is 19.3. The van der Waals surface area contributed by atoms with Gasteiger partial charge < -0.3 is 9.42 Å². The fourth-order valence-electron chi connectivity index (χ4n) is 3.93. The van der Waals surface area contributed by atoms with Crippen LogP contribution in [0, 0.1) is 0 Å². The van der Waals surface area contributed by atoms with E-state index in [1.54, 1.807) is 12.4 Å². The first-order valence-corrected chi connectivity index (χ1v) is 10.4. The average Bonchev–Trinajstić information content (AvgIpc) is 3.27. The Kier molecular flexibility index (Phi) is 6.29. The molecule has 0 aliphatic carbocycles. The molecule has 0 bridgehead atoms. The van der Waals surface area contributed by atoms with Crippen molar-refractivity contribution < 1.29 is 9.32 Å². The fraction of sp³-hybridized carbons (Fsp3) is 0.391. The minimum atomic E-state index is 0.184. The van der Waals surface area contributed by atoms with Gasteiger partial charge in [0.15, 0.2) is 0 Å². The lowest BCUT2D eigenvalue weighted by Gasteiger charge is -2.36. The maximum Gasteiger partial charge on any atom is 0.227 e. The zero-order valence-corrected chi connectivity index (χ0v) is 16.5. The normalized spacial score (nSPS) is 16.7. The van der Waals surface area contributed by atoms with Crippen LogP contribution in [0.4, 0.5) is 0 Å². The summed E-state index contributed by atoms with van der Waals surface area (Å²) in [5.41, 5.74) is 2.14. The SMILES string of the molecule is O=C(CCc1nc(-c2cccnc2)no1)N1CCCCC1CCc1ccccc1. The van der Waals surface area contributed by atoms with Gasteiger partial charge in [-0.2, -0.15) is 4.98 Å². The molecule has 1 aliphatic heterocycles. The third-order valence-corrected chi connectivity index (χ3v) is 5.50. The number of rotatable bonds is 7. The summed E-state index contributed by atoms with van der Waals surface area (Å²) in [6.07, 6.45) is 9.66. The number of carbonyl (C=O) groups excluding carboxylic acids is 1. The summed E-state index contributed by atoms with van der Waals surface area (Å²) >= 11 is 0. The van der Waals surface area contributed by atoms with Gasteiger partial charge in [-0.3, -0.25) is 9.78 Å². The molecular formula is C23H26N4O2. The molecule has 2 aromatic heterocycles. The van der Waals surface area contributed by atoms with E-state index in [9.17, 15) is 4.79 Å². The first-order chi connectivity index (χ1) is 14.3. The largest absolute Gasteiger partial charge is 0.340 e. The van der Waals surface area contributed by atoms with E-state index in [0.717, 1.165) is 37.8 Å². The number of amides is 1. The van der Waals surface area contributed by atoms with E-state index in [2.05, 4.69) is 44.3 Å². The van der Waals surface area contributed by atoms with Crippen molar-refractivity contribution in [3.63, 3.8) is 0 Å². The molecule has 0 N–H and O–H groups in total. The van der Waals surface area contributed by atoms with Gasteiger partial charge in [0.05, 0.1) is 0 Å². The van der Waals surface area contributed by atoms with E-state index in [0.29, 0.717) is 30.6 Å². The van der Waals surface area contributed by atoms with Crippen molar-refractivity contribution >= 4 is 5.91 Å². The van der Waals surface area contributed by atoms with Crippen molar-refractivity contribution in [1.29, 1.82) is 0 Å². The Morgan fingerprint density at radius 3 is 2.83 bits per heavy atom. The number of carbonyl (C=O) groups is 1. The molecule has 6 nitrogen and oxygen atoms in total. The molecule has 3 aromatic rings. The predicted molar refractivity (Wildman–Crippen MR) is 110 cm³/mol.